The number of hydrogen-bond acceptors (Lipinski definition) is 4. The van der Waals surface area contributed by atoms with Gasteiger partial charge in [-0.2, -0.15) is 0 Å². The summed E-state index contributed by atoms with van der Waals surface area (Å²) < 4.78 is 0. The Morgan fingerprint density at radius 1 is 0.870 bits per heavy atom. The van der Waals surface area contributed by atoms with Crippen molar-refractivity contribution in [1.82, 2.24) is 25.3 Å². The number of urea groups is 1. The van der Waals surface area contributed by atoms with Crippen molar-refractivity contribution in [3.8, 4) is 0 Å². The number of piperidine rings is 1. The first-order valence-corrected chi connectivity index (χ1v) is 19.1. The topological polar surface area (TPSA) is 85.0 Å². The molecular weight excluding hydrogens is 741 g/mol. The second kappa shape index (κ2) is 17.6. The van der Waals surface area contributed by atoms with E-state index >= 15 is 0 Å². The van der Waals surface area contributed by atoms with Crippen LogP contribution in [0.3, 0.4) is 0 Å². The van der Waals surface area contributed by atoms with Crippen molar-refractivity contribution in [2.45, 2.75) is 56.7 Å². The SMILES string of the molecule is CC(C)C(=O)N(C)C[C@](CCN1CCC2(CC1)NC(=O)Cc1ccccc12)(c1ccc(Cl)c(Cl)c1)N(C)C(=O)NC(c1ccccc1)c1ccccc1.Cl. The number of nitrogens with one attached hydrogen (secondary N) is 2. The van der Waals surface area contributed by atoms with E-state index < -0.39 is 17.1 Å². The molecule has 1 atom stereocenters. The van der Waals surface area contributed by atoms with Crippen LogP contribution in [-0.4, -0.2) is 72.8 Å². The molecular formula is C43H50Cl3N5O3. The number of benzene rings is 4. The van der Waals surface area contributed by atoms with Crippen LogP contribution in [0.2, 0.25) is 10.0 Å². The van der Waals surface area contributed by atoms with E-state index in [1.165, 1.54) is 5.56 Å². The average Bonchev–Trinajstić information content (AvgIpc) is 3.17. The summed E-state index contributed by atoms with van der Waals surface area (Å²) in [5.41, 5.74) is 3.59. The van der Waals surface area contributed by atoms with Gasteiger partial charge in [0, 0.05) is 46.2 Å². The third-order valence-corrected chi connectivity index (χ3v) is 11.9. The van der Waals surface area contributed by atoms with E-state index in [9.17, 15) is 14.4 Å². The highest BCUT2D eigenvalue weighted by molar-refractivity contribution is 6.42. The Hall–Kier alpha value is -4.08. The molecule has 1 saturated heterocycles. The van der Waals surface area contributed by atoms with Gasteiger partial charge in [-0.05, 0) is 59.2 Å². The summed E-state index contributed by atoms with van der Waals surface area (Å²) in [6.45, 7) is 6.14. The molecule has 4 aromatic carbocycles. The zero-order valence-electron chi connectivity index (χ0n) is 31.4. The van der Waals surface area contributed by atoms with Crippen LogP contribution in [0.5, 0.6) is 0 Å². The van der Waals surface area contributed by atoms with Crippen molar-refractivity contribution < 1.29 is 14.4 Å². The van der Waals surface area contributed by atoms with Gasteiger partial charge in [-0.1, -0.05) is 128 Å². The van der Waals surface area contributed by atoms with E-state index in [2.05, 4.69) is 27.7 Å². The maximum atomic E-state index is 14.8. The molecule has 0 bridgehead atoms. The minimum atomic E-state index is -1.00. The summed E-state index contributed by atoms with van der Waals surface area (Å²) in [4.78, 5) is 47.0. The highest BCUT2D eigenvalue weighted by Gasteiger charge is 2.45. The van der Waals surface area contributed by atoms with E-state index in [0.717, 1.165) is 48.2 Å². The van der Waals surface area contributed by atoms with Crippen molar-refractivity contribution in [1.29, 1.82) is 0 Å². The predicted molar refractivity (Wildman–Crippen MR) is 219 cm³/mol. The fraction of sp³-hybridized carbons (Fsp3) is 0.372. The Morgan fingerprint density at radius 2 is 1.46 bits per heavy atom. The minimum absolute atomic E-state index is 0. The molecule has 0 aromatic heterocycles. The van der Waals surface area contributed by atoms with E-state index in [0.29, 0.717) is 29.4 Å². The third-order valence-electron chi connectivity index (χ3n) is 11.1. The maximum Gasteiger partial charge on any atom is 0.318 e. The van der Waals surface area contributed by atoms with Crippen molar-refractivity contribution in [2.24, 2.45) is 5.92 Å². The second-order valence-electron chi connectivity index (χ2n) is 14.8. The van der Waals surface area contributed by atoms with Gasteiger partial charge in [0.15, 0.2) is 0 Å². The fourth-order valence-corrected chi connectivity index (χ4v) is 8.43. The van der Waals surface area contributed by atoms with Crippen LogP contribution in [0.25, 0.3) is 0 Å². The Balaban J connectivity index is 0.00000561. The number of fused-ring (bicyclic) bond motifs is 2. The van der Waals surface area contributed by atoms with Crippen molar-refractivity contribution in [3.05, 3.63) is 141 Å². The summed E-state index contributed by atoms with van der Waals surface area (Å²) in [6, 6.07) is 32.9. The Kier molecular flexibility index (Phi) is 13.4. The normalized spacial score (nSPS) is 16.2. The highest BCUT2D eigenvalue weighted by atomic mass is 35.5. The molecule has 0 unspecified atom stereocenters. The highest BCUT2D eigenvalue weighted by Crippen LogP contribution is 2.40. The van der Waals surface area contributed by atoms with E-state index in [1.807, 2.05) is 98.8 Å². The molecule has 0 aliphatic carbocycles. The van der Waals surface area contributed by atoms with Crippen LogP contribution < -0.4 is 10.6 Å². The summed E-state index contributed by atoms with van der Waals surface area (Å²) in [7, 11) is 3.60. The first-order chi connectivity index (χ1) is 25.4. The Morgan fingerprint density at radius 3 is 2.06 bits per heavy atom. The summed E-state index contributed by atoms with van der Waals surface area (Å²) in [5.74, 6) is -0.204. The lowest BCUT2D eigenvalue weighted by atomic mass is 9.75. The van der Waals surface area contributed by atoms with Gasteiger partial charge in [0.2, 0.25) is 11.8 Å². The molecule has 2 aliphatic heterocycles. The smallest absolute Gasteiger partial charge is 0.318 e. The Labute approximate surface area is 335 Å². The number of likely N-dealkylation sites (tertiary alicyclic amines) is 1. The number of nitrogens with zero attached hydrogens (tertiary/aromatic N) is 3. The lowest BCUT2D eigenvalue weighted by Gasteiger charge is -2.48. The zero-order chi connectivity index (χ0) is 37.8. The van der Waals surface area contributed by atoms with Gasteiger partial charge in [0.05, 0.1) is 33.6 Å². The molecule has 2 N–H and O–H groups in total. The number of carbonyl (C=O) groups excluding carboxylic acids is 3. The number of halogens is 3. The molecule has 0 saturated carbocycles. The minimum Gasteiger partial charge on any atom is -0.346 e. The van der Waals surface area contributed by atoms with Crippen LogP contribution in [0, 0.1) is 5.92 Å². The van der Waals surface area contributed by atoms with Crippen LogP contribution in [-0.2, 0) is 27.1 Å². The largest absolute Gasteiger partial charge is 0.346 e. The van der Waals surface area contributed by atoms with Crippen molar-refractivity contribution in [3.63, 3.8) is 0 Å². The van der Waals surface area contributed by atoms with Gasteiger partial charge in [-0.15, -0.1) is 12.4 Å². The average molecular weight is 791 g/mol. The number of amides is 4. The number of rotatable bonds is 11. The molecule has 1 fully saturated rings. The van der Waals surface area contributed by atoms with Gasteiger partial charge in [-0.3, -0.25) is 9.59 Å². The number of carbonyl (C=O) groups is 3. The van der Waals surface area contributed by atoms with Gasteiger partial charge in [-0.25, -0.2) is 4.79 Å². The standard InChI is InChI=1S/C43H49Cl2N5O3.ClH/c1-30(2)40(52)48(3)29-43(34-19-20-36(44)37(45)28-34,49(4)41(53)46-39(31-13-7-5-8-14-31)32-15-9-6-10-16-32)23-26-50-24-21-42(22-25-50)35-18-12-11-17-33(35)27-38(51)47-42;/h5-20,28,30,39H,21-27,29H2,1-4H3,(H,46,53)(H,47,51);1H/t43-;/m1./s1. The molecule has 2 heterocycles. The monoisotopic (exact) mass is 789 g/mol. The molecule has 11 heteroatoms. The van der Waals surface area contributed by atoms with Crippen LogP contribution in [0.1, 0.15) is 67.0 Å². The zero-order valence-corrected chi connectivity index (χ0v) is 33.7. The first-order valence-electron chi connectivity index (χ1n) is 18.4. The van der Waals surface area contributed by atoms with Gasteiger partial charge < -0.3 is 25.3 Å². The van der Waals surface area contributed by atoms with E-state index in [1.54, 1.807) is 30.0 Å². The number of hydrogen-bond donors (Lipinski definition) is 2. The molecule has 4 amide bonds. The molecule has 54 heavy (non-hydrogen) atoms. The molecule has 6 rings (SSSR count). The molecule has 0 radical (unpaired) electrons. The Bertz CT molecular complexity index is 1880. The maximum absolute atomic E-state index is 14.8. The van der Waals surface area contributed by atoms with E-state index in [4.69, 9.17) is 23.2 Å². The summed E-state index contributed by atoms with van der Waals surface area (Å²) >= 11 is 13.2. The molecule has 2 aliphatic rings. The second-order valence-corrected chi connectivity index (χ2v) is 15.6. The third kappa shape index (κ3) is 8.73. The van der Waals surface area contributed by atoms with Crippen LogP contribution in [0.4, 0.5) is 4.79 Å². The fourth-order valence-electron chi connectivity index (χ4n) is 8.13. The van der Waals surface area contributed by atoms with Crippen molar-refractivity contribution in [2.75, 3.05) is 40.3 Å². The quantitative estimate of drug-likeness (QED) is 0.161. The van der Waals surface area contributed by atoms with Gasteiger partial charge in [0.1, 0.15) is 0 Å². The summed E-state index contributed by atoms with van der Waals surface area (Å²) in [5, 5.41) is 7.47. The van der Waals surface area contributed by atoms with Gasteiger partial charge in [0.25, 0.3) is 0 Å². The van der Waals surface area contributed by atoms with Crippen LogP contribution in [0.15, 0.2) is 103 Å². The molecule has 1 spiro atoms. The molecule has 4 aromatic rings. The predicted octanol–water partition coefficient (Wildman–Crippen LogP) is 8.21. The van der Waals surface area contributed by atoms with Crippen LogP contribution >= 0.6 is 35.6 Å². The lowest BCUT2D eigenvalue weighted by Crippen LogP contribution is -2.59. The molecule has 8 nitrogen and oxygen atoms in total. The first kappa shape index (κ1) is 41.1. The van der Waals surface area contributed by atoms with Crippen molar-refractivity contribution >= 4 is 53.5 Å². The number of likely N-dealkylation sites (N-methyl/N-ethyl adjacent to an activating group) is 2. The van der Waals surface area contributed by atoms with Gasteiger partial charge >= 0.3 is 6.03 Å². The molecule has 286 valence electrons. The van der Waals surface area contributed by atoms with E-state index in [-0.39, 0.29) is 42.7 Å². The lowest BCUT2D eigenvalue weighted by molar-refractivity contribution is -0.135. The summed E-state index contributed by atoms with van der Waals surface area (Å²) in [6.07, 6.45) is 2.45.